The Morgan fingerprint density at radius 1 is 1.12 bits per heavy atom. The Morgan fingerprint density at radius 3 is 2.80 bits per heavy atom. The molecule has 0 saturated carbocycles. The van der Waals surface area contributed by atoms with E-state index in [4.69, 9.17) is 4.74 Å². The molecule has 0 unspecified atom stereocenters. The monoisotopic (exact) mass is 400 g/mol. The van der Waals surface area contributed by atoms with Crippen molar-refractivity contribution in [2.75, 3.05) is 11.9 Å². The number of benzene rings is 2. The van der Waals surface area contributed by atoms with Crippen LogP contribution in [-0.4, -0.2) is 23.5 Å². The summed E-state index contributed by atoms with van der Waals surface area (Å²) in [7, 11) is 0. The van der Waals surface area contributed by atoms with Gasteiger partial charge in [-0.3, -0.25) is 9.59 Å². The molecule has 0 fully saturated rings. The van der Waals surface area contributed by atoms with Crippen LogP contribution in [0.2, 0.25) is 0 Å². The molecule has 0 spiro atoms. The zero-order chi connectivity index (χ0) is 17.6. The number of rotatable bonds is 6. The van der Waals surface area contributed by atoms with E-state index in [9.17, 15) is 9.59 Å². The molecular formula is C19H17BrN2O3. The third-order valence-electron chi connectivity index (χ3n) is 3.75. The van der Waals surface area contributed by atoms with Crippen LogP contribution in [0.4, 0.5) is 5.69 Å². The van der Waals surface area contributed by atoms with Crippen molar-refractivity contribution in [2.24, 2.45) is 0 Å². The molecule has 1 amide bonds. The van der Waals surface area contributed by atoms with Crippen LogP contribution in [0.3, 0.4) is 0 Å². The van der Waals surface area contributed by atoms with Gasteiger partial charge in [0.1, 0.15) is 0 Å². The van der Waals surface area contributed by atoms with Gasteiger partial charge in [0.05, 0.1) is 0 Å². The number of para-hydroxylation sites is 1. The number of aromatic nitrogens is 1. The van der Waals surface area contributed by atoms with Gasteiger partial charge in [0, 0.05) is 33.7 Å². The predicted octanol–water partition coefficient (Wildman–Crippen LogP) is 4.04. The minimum Gasteiger partial charge on any atom is -0.456 e. The average Bonchev–Trinajstić information content (AvgIpc) is 3.01. The Bertz CT molecular complexity index is 904. The second kappa shape index (κ2) is 7.98. The number of ether oxygens (including phenoxy) is 1. The van der Waals surface area contributed by atoms with Gasteiger partial charge in [-0.25, -0.2) is 0 Å². The number of nitrogens with one attached hydrogen (secondary N) is 2. The average molecular weight is 401 g/mol. The van der Waals surface area contributed by atoms with Crippen molar-refractivity contribution in [3.8, 4) is 0 Å². The molecule has 5 nitrogen and oxygen atoms in total. The van der Waals surface area contributed by atoms with E-state index in [0.717, 1.165) is 20.9 Å². The Kier molecular flexibility index (Phi) is 5.50. The highest BCUT2D eigenvalue weighted by atomic mass is 79.9. The number of anilines is 1. The van der Waals surface area contributed by atoms with Crippen molar-refractivity contribution >= 4 is 44.4 Å². The summed E-state index contributed by atoms with van der Waals surface area (Å²) in [5, 5.41) is 3.78. The molecule has 3 aromatic rings. The van der Waals surface area contributed by atoms with Gasteiger partial charge in [-0.1, -0.05) is 40.2 Å². The fraction of sp³-hybridized carbons (Fsp3) is 0.158. The van der Waals surface area contributed by atoms with E-state index < -0.39 is 5.97 Å². The number of esters is 1. The molecular weight excluding hydrogens is 384 g/mol. The fourth-order valence-electron chi connectivity index (χ4n) is 2.56. The Hall–Kier alpha value is -2.60. The number of H-pyrrole nitrogens is 1. The lowest BCUT2D eigenvalue weighted by Gasteiger charge is -2.07. The van der Waals surface area contributed by atoms with E-state index >= 15 is 0 Å². The number of amides is 1. The first-order chi connectivity index (χ1) is 12.1. The number of aromatic amines is 1. The lowest BCUT2D eigenvalue weighted by molar-refractivity contribution is -0.147. The van der Waals surface area contributed by atoms with Gasteiger partial charge in [0.25, 0.3) is 5.91 Å². The first kappa shape index (κ1) is 17.2. The smallest absolute Gasteiger partial charge is 0.306 e. The van der Waals surface area contributed by atoms with Gasteiger partial charge in [-0.2, -0.15) is 0 Å². The summed E-state index contributed by atoms with van der Waals surface area (Å²) in [6, 6.07) is 15.1. The standard InChI is InChI=1S/C19H17BrN2O3/c20-14-4-3-5-15(10-14)22-18(23)12-25-19(24)9-8-13-11-21-17-7-2-1-6-16(13)17/h1-7,10-11,21H,8-9,12H2,(H,22,23). The summed E-state index contributed by atoms with van der Waals surface area (Å²) in [5.41, 5.74) is 2.75. The van der Waals surface area contributed by atoms with E-state index in [1.54, 1.807) is 12.1 Å². The number of aryl methyl sites for hydroxylation is 1. The predicted molar refractivity (Wildman–Crippen MR) is 100 cm³/mol. The molecule has 0 atom stereocenters. The maximum atomic E-state index is 11.9. The van der Waals surface area contributed by atoms with Gasteiger partial charge in [0.15, 0.2) is 6.61 Å². The van der Waals surface area contributed by atoms with Crippen LogP contribution in [0.1, 0.15) is 12.0 Å². The number of fused-ring (bicyclic) bond motifs is 1. The molecule has 128 valence electrons. The summed E-state index contributed by atoms with van der Waals surface area (Å²) in [5.74, 6) is -0.756. The van der Waals surface area contributed by atoms with Crippen LogP contribution >= 0.6 is 15.9 Å². The molecule has 2 N–H and O–H groups in total. The number of hydrogen-bond acceptors (Lipinski definition) is 3. The van der Waals surface area contributed by atoms with Gasteiger partial charge in [-0.15, -0.1) is 0 Å². The molecule has 0 bridgehead atoms. The highest BCUT2D eigenvalue weighted by molar-refractivity contribution is 9.10. The summed E-state index contributed by atoms with van der Waals surface area (Å²) in [4.78, 5) is 26.9. The van der Waals surface area contributed by atoms with Crippen molar-refractivity contribution in [3.05, 3.63) is 64.8 Å². The number of hydrogen-bond donors (Lipinski definition) is 2. The van der Waals surface area contributed by atoms with Crippen LogP contribution in [0.5, 0.6) is 0 Å². The molecule has 0 radical (unpaired) electrons. The molecule has 1 heterocycles. The van der Waals surface area contributed by atoms with E-state index in [1.165, 1.54) is 0 Å². The van der Waals surface area contributed by atoms with Crippen LogP contribution < -0.4 is 5.32 Å². The van der Waals surface area contributed by atoms with Crippen molar-refractivity contribution < 1.29 is 14.3 Å². The zero-order valence-corrected chi connectivity index (χ0v) is 15.0. The lowest BCUT2D eigenvalue weighted by Crippen LogP contribution is -2.21. The van der Waals surface area contributed by atoms with E-state index in [1.807, 2.05) is 42.6 Å². The van der Waals surface area contributed by atoms with Gasteiger partial charge in [-0.05, 0) is 36.2 Å². The van der Waals surface area contributed by atoms with E-state index in [0.29, 0.717) is 12.1 Å². The minimum absolute atomic E-state index is 0.228. The molecule has 0 saturated heterocycles. The molecule has 3 rings (SSSR count). The van der Waals surface area contributed by atoms with Crippen molar-refractivity contribution in [2.45, 2.75) is 12.8 Å². The summed E-state index contributed by atoms with van der Waals surface area (Å²) in [6.45, 7) is -0.292. The van der Waals surface area contributed by atoms with Gasteiger partial charge < -0.3 is 15.0 Å². The molecule has 0 aliphatic carbocycles. The normalized spacial score (nSPS) is 10.6. The Balaban J connectivity index is 1.45. The highest BCUT2D eigenvalue weighted by Crippen LogP contribution is 2.19. The third kappa shape index (κ3) is 4.70. The SMILES string of the molecule is O=C(COC(=O)CCc1c[nH]c2ccccc12)Nc1cccc(Br)c1. The van der Waals surface area contributed by atoms with E-state index in [-0.39, 0.29) is 18.9 Å². The second-order valence-electron chi connectivity index (χ2n) is 5.58. The van der Waals surface area contributed by atoms with Crippen LogP contribution in [0, 0.1) is 0 Å². The zero-order valence-electron chi connectivity index (χ0n) is 13.4. The van der Waals surface area contributed by atoms with Crippen molar-refractivity contribution in [3.63, 3.8) is 0 Å². The van der Waals surface area contributed by atoms with Gasteiger partial charge in [0.2, 0.25) is 0 Å². The largest absolute Gasteiger partial charge is 0.456 e. The lowest BCUT2D eigenvalue weighted by atomic mass is 10.1. The number of halogens is 1. The van der Waals surface area contributed by atoms with E-state index in [2.05, 4.69) is 26.2 Å². The minimum atomic E-state index is -0.394. The Morgan fingerprint density at radius 2 is 1.96 bits per heavy atom. The maximum Gasteiger partial charge on any atom is 0.306 e. The Labute approximate surface area is 153 Å². The fourth-order valence-corrected chi connectivity index (χ4v) is 2.96. The maximum absolute atomic E-state index is 11.9. The molecule has 1 aromatic heterocycles. The molecule has 0 aliphatic rings. The van der Waals surface area contributed by atoms with Crippen LogP contribution in [0.25, 0.3) is 10.9 Å². The first-order valence-corrected chi connectivity index (χ1v) is 8.67. The van der Waals surface area contributed by atoms with Crippen molar-refractivity contribution in [1.29, 1.82) is 0 Å². The third-order valence-corrected chi connectivity index (χ3v) is 4.24. The molecule has 0 aliphatic heterocycles. The second-order valence-corrected chi connectivity index (χ2v) is 6.49. The number of carbonyl (C=O) groups excluding carboxylic acids is 2. The summed E-state index contributed by atoms with van der Waals surface area (Å²) < 4.78 is 5.91. The first-order valence-electron chi connectivity index (χ1n) is 7.88. The molecule has 25 heavy (non-hydrogen) atoms. The summed E-state index contributed by atoms with van der Waals surface area (Å²) >= 11 is 3.33. The van der Waals surface area contributed by atoms with Crippen LogP contribution in [-0.2, 0) is 20.7 Å². The van der Waals surface area contributed by atoms with Gasteiger partial charge >= 0.3 is 5.97 Å². The topological polar surface area (TPSA) is 71.2 Å². The highest BCUT2D eigenvalue weighted by Gasteiger charge is 2.10. The molecule has 2 aromatic carbocycles. The number of carbonyl (C=O) groups is 2. The summed E-state index contributed by atoms with van der Waals surface area (Å²) in [6.07, 6.45) is 2.69. The quantitative estimate of drug-likeness (QED) is 0.613. The van der Waals surface area contributed by atoms with Crippen molar-refractivity contribution in [1.82, 2.24) is 4.98 Å². The molecule has 6 heteroatoms. The van der Waals surface area contributed by atoms with Crippen LogP contribution in [0.15, 0.2) is 59.2 Å².